The Morgan fingerprint density at radius 2 is 2.15 bits per heavy atom. The first-order chi connectivity index (χ1) is 6.14. The Hall–Kier alpha value is -0.880. The van der Waals surface area contributed by atoms with Gasteiger partial charge < -0.3 is 5.73 Å². The van der Waals surface area contributed by atoms with E-state index in [2.05, 4.69) is 5.10 Å². The summed E-state index contributed by atoms with van der Waals surface area (Å²) in [7, 11) is -2.99. The molecule has 0 unspecified atom stereocenters. The van der Waals surface area contributed by atoms with Gasteiger partial charge in [-0.3, -0.25) is 4.68 Å². The number of nitrogens with two attached hydrogens (primary N) is 1. The highest BCUT2D eigenvalue weighted by Crippen LogP contribution is 1.92. The second-order valence-corrected chi connectivity index (χ2v) is 5.01. The van der Waals surface area contributed by atoms with Gasteiger partial charge in [0, 0.05) is 18.9 Å². The van der Waals surface area contributed by atoms with Crippen LogP contribution in [0, 0.1) is 0 Å². The van der Waals surface area contributed by atoms with Crippen molar-refractivity contribution < 1.29 is 8.42 Å². The Morgan fingerprint density at radius 1 is 1.38 bits per heavy atom. The van der Waals surface area contributed by atoms with E-state index in [9.17, 15) is 8.42 Å². The molecule has 1 heterocycles. The quantitative estimate of drug-likeness (QED) is 0.683. The van der Waals surface area contributed by atoms with Crippen LogP contribution in [-0.2, 0) is 16.4 Å². The smallest absolute Gasteiger partial charge is 0.153 e. The van der Waals surface area contributed by atoms with Crippen molar-refractivity contribution in [2.45, 2.75) is 6.54 Å². The number of aromatic nitrogens is 2. The SMILES string of the molecule is NCCS(=O)(=O)CCn1cccn1. The molecule has 5 nitrogen and oxygen atoms in total. The van der Waals surface area contributed by atoms with Crippen molar-refractivity contribution >= 4 is 9.84 Å². The highest BCUT2D eigenvalue weighted by atomic mass is 32.2. The number of rotatable bonds is 5. The number of hydrogen-bond donors (Lipinski definition) is 1. The molecule has 1 aromatic rings. The van der Waals surface area contributed by atoms with Crippen molar-refractivity contribution in [1.29, 1.82) is 0 Å². The molecule has 74 valence electrons. The van der Waals surface area contributed by atoms with Gasteiger partial charge in [0.2, 0.25) is 0 Å². The van der Waals surface area contributed by atoms with Crippen molar-refractivity contribution in [3.8, 4) is 0 Å². The van der Waals surface area contributed by atoms with Crippen molar-refractivity contribution in [3.05, 3.63) is 18.5 Å². The summed E-state index contributed by atoms with van der Waals surface area (Å²) in [5, 5.41) is 3.90. The standard InChI is InChI=1S/C7H13N3O2S/c8-2-6-13(11,12)7-5-10-4-1-3-9-10/h1,3-4H,2,5-8H2. The van der Waals surface area contributed by atoms with E-state index in [1.807, 2.05) is 0 Å². The fraction of sp³-hybridized carbons (Fsp3) is 0.571. The first-order valence-corrected chi connectivity index (χ1v) is 5.84. The first-order valence-electron chi connectivity index (χ1n) is 4.02. The Morgan fingerprint density at radius 3 is 2.69 bits per heavy atom. The summed E-state index contributed by atoms with van der Waals surface area (Å²) >= 11 is 0. The zero-order valence-corrected chi connectivity index (χ0v) is 8.07. The fourth-order valence-electron chi connectivity index (χ4n) is 0.947. The van der Waals surface area contributed by atoms with Crippen LogP contribution < -0.4 is 5.73 Å². The molecule has 0 amide bonds. The highest BCUT2D eigenvalue weighted by molar-refractivity contribution is 7.91. The lowest BCUT2D eigenvalue weighted by molar-refractivity contribution is 0.580. The largest absolute Gasteiger partial charge is 0.329 e. The van der Waals surface area contributed by atoms with Crippen LogP contribution in [0.1, 0.15) is 0 Å². The molecule has 0 aliphatic heterocycles. The summed E-state index contributed by atoms with van der Waals surface area (Å²) in [4.78, 5) is 0. The maximum absolute atomic E-state index is 11.2. The van der Waals surface area contributed by atoms with E-state index in [0.717, 1.165) is 0 Å². The van der Waals surface area contributed by atoms with Crippen molar-refractivity contribution in [2.24, 2.45) is 5.73 Å². The third-order valence-corrected chi connectivity index (χ3v) is 3.28. The minimum Gasteiger partial charge on any atom is -0.329 e. The van der Waals surface area contributed by atoms with Gasteiger partial charge in [0.05, 0.1) is 18.1 Å². The van der Waals surface area contributed by atoms with Gasteiger partial charge in [0.25, 0.3) is 0 Å². The normalized spacial score (nSPS) is 11.8. The predicted molar refractivity (Wildman–Crippen MR) is 49.9 cm³/mol. The van der Waals surface area contributed by atoms with E-state index >= 15 is 0 Å². The summed E-state index contributed by atoms with van der Waals surface area (Å²) in [5.41, 5.74) is 5.16. The molecule has 0 aromatic carbocycles. The van der Waals surface area contributed by atoms with E-state index in [4.69, 9.17) is 5.73 Å². The van der Waals surface area contributed by atoms with Crippen LogP contribution in [0.25, 0.3) is 0 Å². The maximum Gasteiger partial charge on any atom is 0.153 e. The van der Waals surface area contributed by atoms with E-state index < -0.39 is 9.84 Å². The van der Waals surface area contributed by atoms with E-state index in [0.29, 0.717) is 6.54 Å². The molecule has 1 aromatic heterocycles. The lowest BCUT2D eigenvalue weighted by Crippen LogP contribution is -2.21. The lowest BCUT2D eigenvalue weighted by Gasteiger charge is -2.02. The summed E-state index contributed by atoms with van der Waals surface area (Å²) < 4.78 is 24.0. The van der Waals surface area contributed by atoms with Crippen LogP contribution in [0.15, 0.2) is 18.5 Å². The molecule has 13 heavy (non-hydrogen) atoms. The third-order valence-electron chi connectivity index (χ3n) is 1.62. The van der Waals surface area contributed by atoms with Gasteiger partial charge in [-0.2, -0.15) is 5.10 Å². The summed E-state index contributed by atoms with van der Waals surface area (Å²) in [6.45, 7) is 0.580. The fourth-order valence-corrected chi connectivity index (χ4v) is 1.98. The van der Waals surface area contributed by atoms with Gasteiger partial charge in [0.15, 0.2) is 9.84 Å². The maximum atomic E-state index is 11.2. The monoisotopic (exact) mass is 203 g/mol. The van der Waals surface area contributed by atoms with E-state index in [-0.39, 0.29) is 18.1 Å². The number of aryl methyl sites for hydroxylation is 1. The average Bonchev–Trinajstić information content (AvgIpc) is 2.52. The second-order valence-electron chi connectivity index (χ2n) is 2.71. The Labute approximate surface area is 77.5 Å². The second kappa shape index (κ2) is 4.38. The highest BCUT2D eigenvalue weighted by Gasteiger charge is 2.08. The molecular weight excluding hydrogens is 190 g/mol. The molecule has 0 spiro atoms. The topological polar surface area (TPSA) is 78.0 Å². The molecule has 0 aliphatic rings. The van der Waals surface area contributed by atoms with Gasteiger partial charge in [0.1, 0.15) is 0 Å². The van der Waals surface area contributed by atoms with Gasteiger partial charge in [-0.05, 0) is 6.07 Å². The minimum atomic E-state index is -2.99. The Bertz CT molecular complexity index is 331. The first kappa shape index (κ1) is 10.2. The van der Waals surface area contributed by atoms with Crippen LogP contribution in [-0.4, -0.2) is 36.2 Å². The lowest BCUT2D eigenvalue weighted by atomic mass is 10.7. The molecule has 1 rings (SSSR count). The molecule has 0 fully saturated rings. The van der Waals surface area contributed by atoms with E-state index in [1.54, 1.807) is 23.1 Å². The molecule has 0 aliphatic carbocycles. The van der Waals surface area contributed by atoms with Crippen LogP contribution in [0.2, 0.25) is 0 Å². The number of sulfone groups is 1. The van der Waals surface area contributed by atoms with Gasteiger partial charge >= 0.3 is 0 Å². The minimum absolute atomic E-state index is 0.0499. The zero-order valence-electron chi connectivity index (χ0n) is 7.26. The van der Waals surface area contributed by atoms with Crippen LogP contribution in [0.3, 0.4) is 0 Å². The molecular formula is C7H13N3O2S. The van der Waals surface area contributed by atoms with Gasteiger partial charge in [-0.25, -0.2) is 8.42 Å². The molecule has 2 N–H and O–H groups in total. The predicted octanol–water partition coefficient (Wildman–Crippen LogP) is -0.743. The van der Waals surface area contributed by atoms with Crippen molar-refractivity contribution in [3.63, 3.8) is 0 Å². The van der Waals surface area contributed by atoms with Gasteiger partial charge in [-0.1, -0.05) is 0 Å². The molecule has 0 saturated carbocycles. The van der Waals surface area contributed by atoms with Crippen LogP contribution in [0.5, 0.6) is 0 Å². The molecule has 0 atom stereocenters. The Balaban J connectivity index is 2.43. The number of hydrogen-bond acceptors (Lipinski definition) is 4. The Kier molecular flexibility index (Phi) is 3.44. The van der Waals surface area contributed by atoms with Crippen molar-refractivity contribution in [1.82, 2.24) is 9.78 Å². The molecule has 0 radical (unpaired) electrons. The van der Waals surface area contributed by atoms with Crippen LogP contribution >= 0.6 is 0 Å². The average molecular weight is 203 g/mol. The summed E-state index contributed by atoms with van der Waals surface area (Å²) in [5.74, 6) is 0.153. The van der Waals surface area contributed by atoms with E-state index in [1.165, 1.54) is 0 Å². The molecule has 0 saturated heterocycles. The summed E-state index contributed by atoms with van der Waals surface area (Å²) in [6.07, 6.45) is 3.35. The molecule has 6 heteroatoms. The number of nitrogens with zero attached hydrogens (tertiary/aromatic N) is 2. The zero-order chi connectivity index (χ0) is 9.73. The van der Waals surface area contributed by atoms with Gasteiger partial charge in [-0.15, -0.1) is 0 Å². The summed E-state index contributed by atoms with van der Waals surface area (Å²) in [6, 6.07) is 1.76. The third kappa shape index (κ3) is 3.56. The molecule has 0 bridgehead atoms. The van der Waals surface area contributed by atoms with Crippen molar-refractivity contribution in [2.75, 3.05) is 18.1 Å². The van der Waals surface area contributed by atoms with Crippen LogP contribution in [0.4, 0.5) is 0 Å².